The highest BCUT2D eigenvalue weighted by atomic mass is 19.4. The molecule has 0 spiro atoms. The first-order valence-corrected chi connectivity index (χ1v) is 5.68. The summed E-state index contributed by atoms with van der Waals surface area (Å²) in [5, 5.41) is 13.3. The van der Waals surface area contributed by atoms with Crippen LogP contribution in [0.1, 0.15) is 17.5 Å². The van der Waals surface area contributed by atoms with Gasteiger partial charge in [-0.25, -0.2) is 4.79 Å². The second kappa shape index (κ2) is 6.42. The van der Waals surface area contributed by atoms with Crippen LogP contribution >= 0.6 is 0 Å². The first kappa shape index (κ1) is 15.3. The van der Waals surface area contributed by atoms with E-state index in [4.69, 9.17) is 5.11 Å². The third-order valence-electron chi connectivity index (χ3n) is 2.42. The standard InChI is InChI=1S/C12H15F3N2O2/c1-8-3-4-9(7-10(8)12(13,14)15)17-11(19)16-5-2-6-18/h3-4,7,18H,2,5-6H2,1H3,(H2,16,17,19). The van der Waals surface area contributed by atoms with Crippen molar-refractivity contribution in [2.75, 3.05) is 18.5 Å². The predicted molar refractivity (Wildman–Crippen MR) is 64.9 cm³/mol. The first-order valence-electron chi connectivity index (χ1n) is 5.68. The molecule has 1 aromatic carbocycles. The number of halogens is 3. The molecule has 3 N–H and O–H groups in total. The molecule has 19 heavy (non-hydrogen) atoms. The minimum Gasteiger partial charge on any atom is -0.396 e. The maximum absolute atomic E-state index is 12.7. The Bertz CT molecular complexity index is 447. The Labute approximate surface area is 108 Å². The predicted octanol–water partition coefficient (Wildman–Crippen LogP) is 2.52. The van der Waals surface area contributed by atoms with Gasteiger partial charge in [0.15, 0.2) is 0 Å². The number of aliphatic hydroxyl groups excluding tert-OH is 1. The second-order valence-electron chi connectivity index (χ2n) is 3.99. The van der Waals surface area contributed by atoms with Crippen LogP contribution in [-0.4, -0.2) is 24.3 Å². The number of amides is 2. The minimum atomic E-state index is -4.45. The summed E-state index contributed by atoms with van der Waals surface area (Å²) in [6.45, 7) is 1.54. The Kier molecular flexibility index (Phi) is 5.17. The van der Waals surface area contributed by atoms with Gasteiger partial charge >= 0.3 is 12.2 Å². The Morgan fingerprint density at radius 2 is 2.05 bits per heavy atom. The maximum Gasteiger partial charge on any atom is 0.416 e. The molecule has 1 rings (SSSR count). The van der Waals surface area contributed by atoms with E-state index in [0.717, 1.165) is 6.07 Å². The van der Waals surface area contributed by atoms with Crippen molar-refractivity contribution >= 4 is 11.7 Å². The lowest BCUT2D eigenvalue weighted by Gasteiger charge is -2.13. The Morgan fingerprint density at radius 3 is 2.63 bits per heavy atom. The largest absolute Gasteiger partial charge is 0.416 e. The van der Waals surface area contributed by atoms with E-state index in [-0.39, 0.29) is 24.4 Å². The van der Waals surface area contributed by atoms with Crippen LogP contribution in [0.15, 0.2) is 18.2 Å². The Morgan fingerprint density at radius 1 is 1.37 bits per heavy atom. The molecule has 0 saturated heterocycles. The lowest BCUT2D eigenvalue weighted by molar-refractivity contribution is -0.138. The molecule has 0 atom stereocenters. The number of aryl methyl sites for hydroxylation is 1. The number of benzene rings is 1. The molecule has 0 aromatic heterocycles. The average molecular weight is 276 g/mol. The molecule has 0 radical (unpaired) electrons. The van der Waals surface area contributed by atoms with Gasteiger partial charge in [-0.15, -0.1) is 0 Å². The number of urea groups is 1. The van der Waals surface area contributed by atoms with E-state index < -0.39 is 17.8 Å². The van der Waals surface area contributed by atoms with Gasteiger partial charge in [0.25, 0.3) is 0 Å². The van der Waals surface area contributed by atoms with Crippen LogP contribution in [0, 0.1) is 6.92 Å². The van der Waals surface area contributed by atoms with Crippen LogP contribution in [-0.2, 0) is 6.18 Å². The number of carbonyl (C=O) groups is 1. The van der Waals surface area contributed by atoms with E-state index in [9.17, 15) is 18.0 Å². The van der Waals surface area contributed by atoms with E-state index in [1.54, 1.807) is 0 Å². The van der Waals surface area contributed by atoms with Gasteiger partial charge in [-0.2, -0.15) is 13.2 Å². The van der Waals surface area contributed by atoms with Crippen LogP contribution in [0.4, 0.5) is 23.7 Å². The number of nitrogens with one attached hydrogen (secondary N) is 2. The lowest BCUT2D eigenvalue weighted by atomic mass is 10.1. The average Bonchev–Trinajstić information content (AvgIpc) is 2.30. The summed E-state index contributed by atoms with van der Waals surface area (Å²) < 4.78 is 38.0. The van der Waals surface area contributed by atoms with Crippen LogP contribution in [0.5, 0.6) is 0 Å². The molecule has 0 aliphatic rings. The summed E-state index contributed by atoms with van der Waals surface area (Å²) in [5.41, 5.74) is -0.612. The van der Waals surface area contributed by atoms with Crippen molar-refractivity contribution < 1.29 is 23.1 Å². The zero-order valence-corrected chi connectivity index (χ0v) is 10.3. The van der Waals surface area contributed by atoms with E-state index in [1.807, 2.05) is 0 Å². The summed E-state index contributed by atoms with van der Waals surface area (Å²) in [7, 11) is 0. The van der Waals surface area contributed by atoms with Gasteiger partial charge in [0.05, 0.1) is 5.56 Å². The number of rotatable bonds is 4. The summed E-state index contributed by atoms with van der Waals surface area (Å²) in [6.07, 6.45) is -4.07. The molecule has 0 fully saturated rings. The summed E-state index contributed by atoms with van der Waals surface area (Å²) >= 11 is 0. The molecule has 0 aliphatic heterocycles. The number of hydrogen-bond donors (Lipinski definition) is 3. The van der Waals surface area contributed by atoms with E-state index in [2.05, 4.69) is 10.6 Å². The zero-order chi connectivity index (χ0) is 14.5. The minimum absolute atomic E-state index is 0.0664. The van der Waals surface area contributed by atoms with Crippen LogP contribution in [0.2, 0.25) is 0 Å². The first-order chi connectivity index (χ1) is 8.84. The third-order valence-corrected chi connectivity index (χ3v) is 2.42. The molecular formula is C12H15F3N2O2. The third kappa shape index (κ3) is 4.78. The van der Waals surface area contributed by atoms with Crippen molar-refractivity contribution in [3.63, 3.8) is 0 Å². The molecule has 106 valence electrons. The van der Waals surface area contributed by atoms with E-state index >= 15 is 0 Å². The summed E-state index contributed by atoms with van der Waals surface area (Å²) in [5.74, 6) is 0. The normalized spacial score (nSPS) is 11.2. The highest BCUT2D eigenvalue weighted by molar-refractivity contribution is 5.89. The van der Waals surface area contributed by atoms with Crippen LogP contribution in [0.3, 0.4) is 0 Å². The molecule has 0 unspecified atom stereocenters. The number of alkyl halides is 3. The highest BCUT2D eigenvalue weighted by Gasteiger charge is 2.32. The molecule has 0 heterocycles. The zero-order valence-electron chi connectivity index (χ0n) is 10.3. The van der Waals surface area contributed by atoms with Gasteiger partial charge in [0.2, 0.25) is 0 Å². The molecule has 4 nitrogen and oxygen atoms in total. The number of aliphatic hydroxyl groups is 1. The van der Waals surface area contributed by atoms with Crippen LogP contribution < -0.4 is 10.6 Å². The maximum atomic E-state index is 12.7. The van der Waals surface area contributed by atoms with Crippen molar-refractivity contribution in [2.45, 2.75) is 19.5 Å². The van der Waals surface area contributed by atoms with Gasteiger partial charge in [-0.1, -0.05) is 6.07 Å². The van der Waals surface area contributed by atoms with Gasteiger partial charge in [-0.05, 0) is 31.0 Å². The molecule has 2 amide bonds. The van der Waals surface area contributed by atoms with Crippen LogP contribution in [0.25, 0.3) is 0 Å². The highest BCUT2D eigenvalue weighted by Crippen LogP contribution is 2.33. The Hall–Kier alpha value is -1.76. The lowest BCUT2D eigenvalue weighted by Crippen LogP contribution is -2.30. The van der Waals surface area contributed by atoms with E-state index in [1.165, 1.54) is 19.1 Å². The molecule has 7 heteroatoms. The molecule has 0 saturated carbocycles. The topological polar surface area (TPSA) is 61.4 Å². The van der Waals surface area contributed by atoms with Gasteiger partial charge < -0.3 is 15.7 Å². The van der Waals surface area contributed by atoms with Gasteiger partial charge in [-0.3, -0.25) is 0 Å². The quantitative estimate of drug-likeness (QED) is 0.740. The van der Waals surface area contributed by atoms with Crippen molar-refractivity contribution in [3.8, 4) is 0 Å². The van der Waals surface area contributed by atoms with Crippen molar-refractivity contribution in [1.82, 2.24) is 5.32 Å². The fourth-order valence-electron chi connectivity index (χ4n) is 1.46. The number of hydrogen-bond acceptors (Lipinski definition) is 2. The van der Waals surface area contributed by atoms with Gasteiger partial charge in [0.1, 0.15) is 0 Å². The molecule has 1 aromatic rings. The summed E-state index contributed by atoms with van der Waals surface area (Å²) in [6, 6.07) is 2.98. The Balaban J connectivity index is 2.72. The monoisotopic (exact) mass is 276 g/mol. The molecular weight excluding hydrogens is 261 g/mol. The smallest absolute Gasteiger partial charge is 0.396 e. The van der Waals surface area contributed by atoms with Gasteiger partial charge in [0, 0.05) is 18.8 Å². The second-order valence-corrected chi connectivity index (χ2v) is 3.99. The number of carbonyl (C=O) groups excluding carboxylic acids is 1. The fourth-order valence-corrected chi connectivity index (χ4v) is 1.46. The molecule has 0 aliphatic carbocycles. The number of anilines is 1. The van der Waals surface area contributed by atoms with E-state index in [0.29, 0.717) is 6.42 Å². The van der Waals surface area contributed by atoms with Crippen molar-refractivity contribution in [1.29, 1.82) is 0 Å². The SMILES string of the molecule is Cc1ccc(NC(=O)NCCCO)cc1C(F)(F)F. The molecule has 0 bridgehead atoms. The summed E-state index contributed by atoms with van der Waals surface area (Å²) in [4.78, 5) is 11.3. The van der Waals surface area contributed by atoms with Crippen molar-refractivity contribution in [3.05, 3.63) is 29.3 Å². The van der Waals surface area contributed by atoms with Crippen molar-refractivity contribution in [2.24, 2.45) is 0 Å². The fraction of sp³-hybridized carbons (Fsp3) is 0.417.